The Morgan fingerprint density at radius 2 is 1.85 bits per heavy atom. The normalized spacial score (nSPS) is 18.1. The van der Waals surface area contributed by atoms with E-state index in [0.717, 1.165) is 12.8 Å². The van der Waals surface area contributed by atoms with Crippen LogP contribution in [0.3, 0.4) is 0 Å². The van der Waals surface area contributed by atoms with E-state index in [-0.39, 0.29) is 18.0 Å². The second-order valence-electron chi connectivity index (χ2n) is 8.40. The number of ether oxygens (including phenoxy) is 1. The summed E-state index contributed by atoms with van der Waals surface area (Å²) in [5, 5.41) is 1.71. The van der Waals surface area contributed by atoms with Gasteiger partial charge in [-0.05, 0) is 38.7 Å². The molecule has 2 rings (SSSR count). The monoisotopic (exact) mass is 372 g/mol. The molecule has 0 saturated carbocycles. The van der Waals surface area contributed by atoms with Crippen LogP contribution in [-0.4, -0.2) is 35.6 Å². The summed E-state index contributed by atoms with van der Waals surface area (Å²) in [6.45, 7) is 9.75. The highest BCUT2D eigenvalue weighted by molar-refractivity contribution is 5.82. The largest absolute Gasteiger partial charge is 0.462 e. The Balaban J connectivity index is 2.08. The summed E-state index contributed by atoms with van der Waals surface area (Å²) >= 11 is 0. The van der Waals surface area contributed by atoms with Crippen LogP contribution in [0.4, 0.5) is 0 Å². The van der Waals surface area contributed by atoms with Gasteiger partial charge in [0.2, 0.25) is 5.91 Å². The Kier molecular flexibility index (Phi) is 7.19. The Morgan fingerprint density at radius 3 is 2.44 bits per heavy atom. The molecule has 5 nitrogen and oxygen atoms in total. The van der Waals surface area contributed by atoms with Gasteiger partial charge in [-0.15, -0.1) is 0 Å². The summed E-state index contributed by atoms with van der Waals surface area (Å²) in [6.07, 6.45) is 4.34. The van der Waals surface area contributed by atoms with Gasteiger partial charge in [0.1, 0.15) is 6.04 Å². The first-order chi connectivity index (χ1) is 12.7. The van der Waals surface area contributed by atoms with Crippen LogP contribution >= 0.6 is 0 Å². The van der Waals surface area contributed by atoms with Crippen molar-refractivity contribution in [1.29, 1.82) is 0 Å². The molecule has 0 radical (unpaired) electrons. The third kappa shape index (κ3) is 6.51. The standard InChI is InChI=1S/C22H32N2O3/c1-16(2)27-20(25)19-15-18(12-11-17-9-7-6-8-10-17)13-14-24(19)23-21(26)22(3,4)5/h6-10,13,16,19H,11-12,14-15H2,1-5H3,(H,23,26)/t19-/m0/s1. The topological polar surface area (TPSA) is 58.6 Å². The highest BCUT2D eigenvalue weighted by atomic mass is 16.5. The van der Waals surface area contributed by atoms with E-state index < -0.39 is 11.5 Å². The number of hydrazine groups is 1. The summed E-state index contributed by atoms with van der Waals surface area (Å²) in [6, 6.07) is 9.83. The fraction of sp³-hybridized carbons (Fsp3) is 0.545. The lowest BCUT2D eigenvalue weighted by molar-refractivity contribution is -0.157. The maximum absolute atomic E-state index is 12.6. The third-order valence-corrected chi connectivity index (χ3v) is 4.54. The zero-order valence-electron chi connectivity index (χ0n) is 17.1. The lowest BCUT2D eigenvalue weighted by Gasteiger charge is -2.35. The van der Waals surface area contributed by atoms with Gasteiger partial charge in [-0.3, -0.25) is 15.0 Å². The molecular formula is C22H32N2O3. The molecule has 0 aromatic heterocycles. The minimum Gasteiger partial charge on any atom is -0.462 e. The Morgan fingerprint density at radius 1 is 1.19 bits per heavy atom. The number of carbonyl (C=O) groups is 2. The van der Waals surface area contributed by atoms with Gasteiger partial charge in [0.25, 0.3) is 0 Å². The SMILES string of the molecule is CC(C)OC(=O)[C@@H]1CC(CCc2ccccc2)=CCN1NC(=O)C(C)(C)C. The van der Waals surface area contributed by atoms with Crippen molar-refractivity contribution >= 4 is 11.9 Å². The number of carbonyl (C=O) groups excluding carboxylic acids is 2. The molecule has 0 unspecified atom stereocenters. The van der Waals surface area contributed by atoms with Crippen molar-refractivity contribution in [3.8, 4) is 0 Å². The van der Waals surface area contributed by atoms with Crippen molar-refractivity contribution < 1.29 is 14.3 Å². The van der Waals surface area contributed by atoms with Crippen LogP contribution in [0, 0.1) is 5.41 Å². The first-order valence-electron chi connectivity index (χ1n) is 9.67. The number of aryl methyl sites for hydroxylation is 1. The minimum absolute atomic E-state index is 0.106. The van der Waals surface area contributed by atoms with E-state index in [9.17, 15) is 9.59 Å². The number of benzene rings is 1. The Hall–Kier alpha value is -2.14. The summed E-state index contributed by atoms with van der Waals surface area (Å²) < 4.78 is 5.44. The lowest BCUT2D eigenvalue weighted by Crippen LogP contribution is -2.56. The molecule has 0 bridgehead atoms. The minimum atomic E-state index is -0.524. The number of nitrogens with zero attached hydrogens (tertiary/aromatic N) is 1. The van der Waals surface area contributed by atoms with Crippen LogP contribution in [0.15, 0.2) is 42.0 Å². The quantitative estimate of drug-likeness (QED) is 0.612. The van der Waals surface area contributed by atoms with Crippen LogP contribution in [-0.2, 0) is 20.7 Å². The first kappa shape index (κ1) is 21.2. The van der Waals surface area contributed by atoms with E-state index in [4.69, 9.17) is 4.74 Å². The molecule has 1 amide bonds. The highest BCUT2D eigenvalue weighted by Crippen LogP contribution is 2.23. The van der Waals surface area contributed by atoms with Gasteiger partial charge >= 0.3 is 5.97 Å². The molecule has 1 atom stereocenters. The van der Waals surface area contributed by atoms with Gasteiger partial charge in [0.15, 0.2) is 0 Å². The molecule has 27 heavy (non-hydrogen) atoms. The molecule has 0 spiro atoms. The zero-order chi connectivity index (χ0) is 20.0. The average Bonchev–Trinajstić information content (AvgIpc) is 2.60. The van der Waals surface area contributed by atoms with Crippen LogP contribution in [0.1, 0.15) is 53.0 Å². The van der Waals surface area contributed by atoms with Gasteiger partial charge in [0, 0.05) is 12.0 Å². The number of esters is 1. The molecule has 1 aliphatic heterocycles. The molecule has 1 aromatic carbocycles. The molecule has 1 aliphatic rings. The number of rotatable bonds is 6. The van der Waals surface area contributed by atoms with E-state index in [2.05, 4.69) is 23.6 Å². The smallest absolute Gasteiger partial charge is 0.325 e. The molecule has 0 fully saturated rings. The van der Waals surface area contributed by atoms with Gasteiger partial charge in [-0.25, -0.2) is 5.01 Å². The zero-order valence-corrected chi connectivity index (χ0v) is 17.1. The van der Waals surface area contributed by atoms with E-state index in [1.54, 1.807) is 5.01 Å². The maximum atomic E-state index is 12.6. The number of nitrogens with one attached hydrogen (secondary N) is 1. The van der Waals surface area contributed by atoms with E-state index in [1.165, 1.54) is 11.1 Å². The van der Waals surface area contributed by atoms with Crippen LogP contribution < -0.4 is 5.43 Å². The molecule has 1 aromatic rings. The van der Waals surface area contributed by atoms with E-state index in [0.29, 0.717) is 13.0 Å². The predicted molar refractivity (Wildman–Crippen MR) is 107 cm³/mol. The summed E-state index contributed by atoms with van der Waals surface area (Å²) in [4.78, 5) is 25.0. The van der Waals surface area contributed by atoms with Crippen molar-refractivity contribution in [3.05, 3.63) is 47.5 Å². The molecular weight excluding hydrogens is 340 g/mol. The van der Waals surface area contributed by atoms with Crippen molar-refractivity contribution in [2.24, 2.45) is 5.41 Å². The van der Waals surface area contributed by atoms with Crippen LogP contribution in [0.25, 0.3) is 0 Å². The van der Waals surface area contributed by atoms with Gasteiger partial charge < -0.3 is 4.74 Å². The summed E-state index contributed by atoms with van der Waals surface area (Å²) in [5.74, 6) is -0.393. The molecule has 1 heterocycles. The van der Waals surface area contributed by atoms with E-state index >= 15 is 0 Å². The highest BCUT2D eigenvalue weighted by Gasteiger charge is 2.34. The van der Waals surface area contributed by atoms with Crippen molar-refractivity contribution in [2.45, 2.75) is 66.0 Å². The second kappa shape index (κ2) is 9.18. The third-order valence-electron chi connectivity index (χ3n) is 4.54. The van der Waals surface area contributed by atoms with Gasteiger partial charge in [-0.1, -0.05) is 62.8 Å². The fourth-order valence-electron chi connectivity index (χ4n) is 2.89. The summed E-state index contributed by atoms with van der Waals surface area (Å²) in [5.41, 5.74) is 4.89. The molecule has 0 aliphatic carbocycles. The summed E-state index contributed by atoms with van der Waals surface area (Å²) in [7, 11) is 0. The Bertz CT molecular complexity index is 675. The fourth-order valence-corrected chi connectivity index (χ4v) is 2.89. The maximum Gasteiger partial charge on any atom is 0.325 e. The molecule has 148 valence electrons. The van der Waals surface area contributed by atoms with Crippen LogP contribution in [0.2, 0.25) is 0 Å². The molecule has 1 N–H and O–H groups in total. The van der Waals surface area contributed by atoms with Gasteiger partial charge in [-0.2, -0.15) is 0 Å². The first-order valence-corrected chi connectivity index (χ1v) is 9.67. The Labute approximate surface area is 162 Å². The van der Waals surface area contributed by atoms with E-state index in [1.807, 2.05) is 52.8 Å². The van der Waals surface area contributed by atoms with Crippen molar-refractivity contribution in [2.75, 3.05) is 6.54 Å². The lowest BCUT2D eigenvalue weighted by atomic mass is 9.94. The number of hydrogen-bond donors (Lipinski definition) is 1. The predicted octanol–water partition coefficient (Wildman–Crippen LogP) is 3.65. The van der Waals surface area contributed by atoms with Gasteiger partial charge in [0.05, 0.1) is 6.10 Å². The second-order valence-corrected chi connectivity index (χ2v) is 8.40. The molecule has 0 saturated heterocycles. The molecule has 5 heteroatoms. The average molecular weight is 373 g/mol. The van der Waals surface area contributed by atoms with Crippen LogP contribution in [0.5, 0.6) is 0 Å². The number of amides is 1. The number of hydrogen-bond acceptors (Lipinski definition) is 4. The van der Waals surface area contributed by atoms with Crippen molar-refractivity contribution in [3.63, 3.8) is 0 Å². The van der Waals surface area contributed by atoms with Crippen molar-refractivity contribution in [1.82, 2.24) is 10.4 Å².